The average molecular weight is 351 g/mol. The number of nitrogens with one attached hydrogen (secondary N) is 1. The molecule has 7 heteroatoms. The molecule has 6 nitrogen and oxygen atoms in total. The van der Waals surface area contributed by atoms with Crippen molar-refractivity contribution in [2.75, 3.05) is 4.72 Å². The molecule has 124 valence electrons. The summed E-state index contributed by atoms with van der Waals surface area (Å²) in [6, 6.07) is 14.3. The Morgan fingerprint density at radius 2 is 1.72 bits per heavy atom. The number of hydrogen-bond acceptors (Lipinski definition) is 5. The molecule has 0 fully saturated rings. The van der Waals surface area contributed by atoms with Crippen molar-refractivity contribution in [3.8, 4) is 0 Å². The summed E-state index contributed by atoms with van der Waals surface area (Å²) in [5.41, 5.74) is 0.414. The lowest BCUT2D eigenvalue weighted by atomic mass is 10.1. The molecule has 0 amide bonds. The van der Waals surface area contributed by atoms with Gasteiger partial charge in [-0.2, -0.15) is 0 Å². The minimum atomic E-state index is -3.81. The van der Waals surface area contributed by atoms with Gasteiger partial charge in [0.05, 0.1) is 16.8 Å². The predicted octanol–water partition coefficient (Wildman–Crippen LogP) is 2.82. The van der Waals surface area contributed by atoms with E-state index in [0.717, 1.165) is 0 Å². The van der Waals surface area contributed by atoms with Gasteiger partial charge in [0, 0.05) is 17.9 Å². The van der Waals surface area contributed by atoms with Crippen LogP contribution >= 0.6 is 0 Å². The number of aliphatic imine (C=N–C) groups is 2. The quantitative estimate of drug-likeness (QED) is 0.840. The van der Waals surface area contributed by atoms with Crippen LogP contribution in [0.5, 0.6) is 0 Å². The molecule has 0 atom stereocenters. The van der Waals surface area contributed by atoms with Crippen molar-refractivity contribution in [3.05, 3.63) is 78.1 Å². The van der Waals surface area contributed by atoms with E-state index in [2.05, 4.69) is 20.6 Å². The fourth-order valence-corrected chi connectivity index (χ4v) is 3.25. The van der Waals surface area contributed by atoms with Crippen LogP contribution in [-0.2, 0) is 10.0 Å². The first-order valence-electron chi connectivity index (χ1n) is 7.31. The Morgan fingerprint density at radius 1 is 1.00 bits per heavy atom. The average Bonchev–Trinajstić information content (AvgIpc) is 2.91. The molecular formula is C18H13N3O3S. The number of carbonyl (C=O) groups is 1. The maximum atomic E-state index is 12.7. The third kappa shape index (κ3) is 3.80. The van der Waals surface area contributed by atoms with E-state index in [4.69, 9.17) is 0 Å². The number of carbonyl (C=O) groups excluding carboxylic acids is 1. The van der Waals surface area contributed by atoms with Crippen LogP contribution in [0.2, 0.25) is 0 Å². The van der Waals surface area contributed by atoms with E-state index in [-0.39, 0.29) is 21.8 Å². The van der Waals surface area contributed by atoms with Crippen molar-refractivity contribution in [1.82, 2.24) is 0 Å². The Hall–Kier alpha value is -3.28. The van der Waals surface area contributed by atoms with Gasteiger partial charge in [0.1, 0.15) is 5.70 Å². The summed E-state index contributed by atoms with van der Waals surface area (Å²) in [5, 5.41) is 0. The normalized spacial score (nSPS) is 13.2. The number of Topliss-reactive ketones (excluding diaryl/α,β-unsaturated/α-hetero) is 1. The van der Waals surface area contributed by atoms with Crippen molar-refractivity contribution >= 4 is 33.6 Å². The molecule has 0 aliphatic carbocycles. The van der Waals surface area contributed by atoms with Crippen molar-refractivity contribution < 1.29 is 13.2 Å². The van der Waals surface area contributed by atoms with Gasteiger partial charge in [-0.3, -0.25) is 14.5 Å². The SMILES string of the molecule is O=C(C1=CN=CC=C=N1)c1ccccc1NS(=O)(=O)c1ccccc1. The van der Waals surface area contributed by atoms with Gasteiger partial charge in [0.2, 0.25) is 5.78 Å². The highest BCUT2D eigenvalue weighted by Crippen LogP contribution is 2.23. The molecule has 0 spiro atoms. The first-order chi connectivity index (χ1) is 12.1. The number of para-hydroxylation sites is 1. The summed E-state index contributed by atoms with van der Waals surface area (Å²) in [4.78, 5) is 20.6. The third-order valence-electron chi connectivity index (χ3n) is 3.32. The molecule has 1 heterocycles. The number of nitrogens with zero attached hydrogens (tertiary/aromatic N) is 2. The van der Waals surface area contributed by atoms with Crippen molar-refractivity contribution in [2.24, 2.45) is 9.98 Å². The van der Waals surface area contributed by atoms with Crippen LogP contribution in [0.1, 0.15) is 10.4 Å². The highest BCUT2D eigenvalue weighted by Gasteiger charge is 2.20. The van der Waals surface area contributed by atoms with Gasteiger partial charge in [-0.1, -0.05) is 30.3 Å². The van der Waals surface area contributed by atoms with Gasteiger partial charge < -0.3 is 0 Å². The Balaban J connectivity index is 1.97. The number of allylic oxidation sites excluding steroid dienone is 2. The van der Waals surface area contributed by atoms with Crippen LogP contribution < -0.4 is 4.72 Å². The second-order valence-electron chi connectivity index (χ2n) is 5.01. The summed E-state index contributed by atoms with van der Waals surface area (Å²) in [7, 11) is -3.81. The van der Waals surface area contributed by atoms with Crippen LogP contribution in [0.4, 0.5) is 5.69 Å². The summed E-state index contributed by atoms with van der Waals surface area (Å²) in [5.74, 6) is 2.11. The molecule has 2 aromatic rings. The van der Waals surface area contributed by atoms with Crippen LogP contribution in [0, 0.1) is 0 Å². The molecular weight excluding hydrogens is 338 g/mol. The Bertz CT molecular complexity index is 1030. The molecule has 0 bridgehead atoms. The standard InChI is InChI=1S/C18H13N3O3S/c22-18(17-13-19-11-6-12-20-17)15-9-4-5-10-16(15)21-25(23,24)14-7-2-1-3-8-14/h1-11,13,21H. The molecule has 0 radical (unpaired) electrons. The van der Waals surface area contributed by atoms with Gasteiger partial charge >= 0.3 is 0 Å². The van der Waals surface area contributed by atoms with E-state index in [9.17, 15) is 13.2 Å². The molecule has 0 unspecified atom stereocenters. The minimum absolute atomic E-state index is 0.0661. The fourth-order valence-electron chi connectivity index (χ4n) is 2.15. The van der Waals surface area contributed by atoms with E-state index >= 15 is 0 Å². The second-order valence-corrected chi connectivity index (χ2v) is 6.70. The number of anilines is 1. The summed E-state index contributed by atoms with van der Waals surface area (Å²) >= 11 is 0. The van der Waals surface area contributed by atoms with E-state index in [1.165, 1.54) is 42.8 Å². The molecule has 2 aromatic carbocycles. The van der Waals surface area contributed by atoms with Gasteiger partial charge in [0.25, 0.3) is 10.0 Å². The first kappa shape index (κ1) is 16.6. The van der Waals surface area contributed by atoms with Crippen LogP contribution in [0.3, 0.4) is 0 Å². The van der Waals surface area contributed by atoms with Crippen molar-refractivity contribution in [3.63, 3.8) is 0 Å². The molecule has 3 rings (SSSR count). The van der Waals surface area contributed by atoms with Crippen LogP contribution in [-0.4, -0.2) is 26.3 Å². The van der Waals surface area contributed by atoms with E-state index in [0.29, 0.717) is 0 Å². The van der Waals surface area contributed by atoms with Crippen molar-refractivity contribution in [2.45, 2.75) is 4.90 Å². The zero-order valence-corrected chi connectivity index (χ0v) is 13.8. The topological polar surface area (TPSA) is 88.0 Å². The first-order valence-corrected chi connectivity index (χ1v) is 8.79. The molecule has 0 saturated heterocycles. The second kappa shape index (κ2) is 7.09. The van der Waals surface area contributed by atoms with Gasteiger partial charge in [-0.25, -0.2) is 13.4 Å². The number of sulfonamides is 1. The van der Waals surface area contributed by atoms with Crippen molar-refractivity contribution in [1.29, 1.82) is 0 Å². The Labute approximate surface area is 145 Å². The predicted molar refractivity (Wildman–Crippen MR) is 96.6 cm³/mol. The molecule has 0 aromatic heterocycles. The number of hydrogen-bond donors (Lipinski definition) is 1. The van der Waals surface area contributed by atoms with E-state index in [1.54, 1.807) is 30.3 Å². The molecule has 1 aliphatic heterocycles. The number of ketones is 1. The highest BCUT2D eigenvalue weighted by atomic mass is 32.2. The largest absolute Gasteiger partial charge is 0.287 e. The highest BCUT2D eigenvalue weighted by molar-refractivity contribution is 7.92. The maximum Gasteiger partial charge on any atom is 0.261 e. The lowest BCUT2D eigenvalue weighted by molar-refractivity contribution is 0.103. The molecule has 0 saturated carbocycles. The molecule has 1 N–H and O–H groups in total. The molecule has 1 aliphatic rings. The van der Waals surface area contributed by atoms with Gasteiger partial charge in [-0.15, -0.1) is 0 Å². The fraction of sp³-hybridized carbons (Fsp3) is 0. The summed E-state index contributed by atoms with van der Waals surface area (Å²) in [6.45, 7) is 0. The van der Waals surface area contributed by atoms with Gasteiger partial charge in [0.15, 0.2) is 0 Å². The lowest BCUT2D eigenvalue weighted by Crippen LogP contribution is -2.16. The zero-order chi connectivity index (χ0) is 17.7. The van der Waals surface area contributed by atoms with E-state index in [1.807, 2.05) is 0 Å². The number of benzene rings is 2. The molecule has 25 heavy (non-hydrogen) atoms. The minimum Gasteiger partial charge on any atom is -0.287 e. The zero-order valence-electron chi connectivity index (χ0n) is 13.0. The summed E-state index contributed by atoms with van der Waals surface area (Å²) in [6.07, 6.45) is 4.23. The maximum absolute atomic E-state index is 12.7. The monoisotopic (exact) mass is 351 g/mol. The van der Waals surface area contributed by atoms with E-state index < -0.39 is 15.8 Å². The third-order valence-corrected chi connectivity index (χ3v) is 4.70. The summed E-state index contributed by atoms with van der Waals surface area (Å²) < 4.78 is 27.5. The Morgan fingerprint density at radius 3 is 2.52 bits per heavy atom. The van der Waals surface area contributed by atoms with Gasteiger partial charge in [-0.05, 0) is 30.1 Å². The lowest BCUT2D eigenvalue weighted by Gasteiger charge is -2.11. The Kier molecular flexibility index (Phi) is 4.70. The number of rotatable bonds is 5. The smallest absolute Gasteiger partial charge is 0.261 e. The van der Waals surface area contributed by atoms with Crippen LogP contribution in [0.25, 0.3) is 0 Å². The van der Waals surface area contributed by atoms with Crippen LogP contribution in [0.15, 0.2) is 87.5 Å².